The minimum Gasteiger partial charge on any atom is -0.368 e. The number of hydrogen-bond acceptors (Lipinski definition) is 5. The monoisotopic (exact) mass is 264 g/mol. The van der Waals surface area contributed by atoms with Crippen molar-refractivity contribution in [1.82, 2.24) is 19.7 Å². The highest BCUT2D eigenvalue weighted by atomic mass is 19.1. The number of aryl methyl sites for hydroxylation is 1. The number of hydrogen-bond donors (Lipinski definition) is 2. The van der Waals surface area contributed by atoms with E-state index in [0.717, 1.165) is 0 Å². The maximum atomic E-state index is 14.0. The second kappa shape index (κ2) is 5.42. The molecule has 100 valence electrons. The summed E-state index contributed by atoms with van der Waals surface area (Å²) in [6.45, 7) is 2.33. The minimum atomic E-state index is -0.691. The summed E-state index contributed by atoms with van der Waals surface area (Å²) in [5.74, 6) is -1.00. The van der Waals surface area contributed by atoms with Crippen LogP contribution >= 0.6 is 0 Å². The van der Waals surface area contributed by atoms with Crippen LogP contribution in [0.1, 0.15) is 17.3 Å². The summed E-state index contributed by atoms with van der Waals surface area (Å²) in [4.78, 5) is 19.6. The van der Waals surface area contributed by atoms with Crippen molar-refractivity contribution < 1.29 is 9.18 Å². The van der Waals surface area contributed by atoms with Crippen LogP contribution in [0.3, 0.4) is 0 Å². The Morgan fingerprint density at radius 1 is 1.47 bits per heavy atom. The predicted molar refractivity (Wildman–Crippen MR) is 67.3 cm³/mol. The number of carbonyl (C=O) groups is 1. The number of pyridine rings is 1. The molecule has 8 heteroatoms. The Kier molecular flexibility index (Phi) is 3.69. The number of amides is 1. The molecular weight excluding hydrogens is 251 g/mol. The van der Waals surface area contributed by atoms with Gasteiger partial charge < -0.3 is 5.32 Å². The molecule has 2 aromatic heterocycles. The van der Waals surface area contributed by atoms with Gasteiger partial charge in [-0.2, -0.15) is 10.1 Å². The van der Waals surface area contributed by atoms with Crippen LogP contribution in [0.25, 0.3) is 0 Å². The molecule has 0 unspecified atom stereocenters. The maximum Gasteiger partial charge on any atom is 0.261 e. The largest absolute Gasteiger partial charge is 0.368 e. The molecule has 19 heavy (non-hydrogen) atoms. The lowest BCUT2D eigenvalue weighted by Gasteiger charge is -2.08. The first-order chi connectivity index (χ1) is 9.13. The van der Waals surface area contributed by atoms with E-state index >= 15 is 0 Å². The molecule has 0 saturated heterocycles. The first-order valence-electron chi connectivity index (χ1n) is 5.67. The summed E-state index contributed by atoms with van der Waals surface area (Å²) in [5, 5.41) is 9.02. The van der Waals surface area contributed by atoms with Crippen molar-refractivity contribution in [3.8, 4) is 0 Å². The topological polar surface area (TPSA) is 84.7 Å². The van der Waals surface area contributed by atoms with E-state index in [4.69, 9.17) is 0 Å². The third-order valence-corrected chi connectivity index (χ3v) is 2.41. The van der Waals surface area contributed by atoms with Gasteiger partial charge in [-0.25, -0.2) is 14.1 Å². The van der Waals surface area contributed by atoms with Crippen molar-refractivity contribution in [1.29, 1.82) is 0 Å². The predicted octanol–water partition coefficient (Wildman–Crippen LogP) is 1.03. The van der Waals surface area contributed by atoms with E-state index in [0.29, 0.717) is 6.54 Å². The maximum absolute atomic E-state index is 14.0. The van der Waals surface area contributed by atoms with Gasteiger partial charge in [-0.3, -0.25) is 10.1 Å². The molecule has 0 saturated carbocycles. The lowest BCUT2D eigenvalue weighted by molar-refractivity contribution is 0.102. The fourth-order valence-corrected chi connectivity index (χ4v) is 1.49. The second-order valence-corrected chi connectivity index (χ2v) is 3.71. The van der Waals surface area contributed by atoms with Gasteiger partial charge in [-0.15, -0.1) is 0 Å². The van der Waals surface area contributed by atoms with Crippen LogP contribution in [0.5, 0.6) is 0 Å². The molecule has 0 aromatic carbocycles. The van der Waals surface area contributed by atoms with E-state index in [-0.39, 0.29) is 17.3 Å². The molecule has 0 spiro atoms. The smallest absolute Gasteiger partial charge is 0.261 e. The number of nitrogens with zero attached hydrogens (tertiary/aromatic N) is 4. The van der Waals surface area contributed by atoms with Gasteiger partial charge >= 0.3 is 0 Å². The van der Waals surface area contributed by atoms with Crippen LogP contribution in [0, 0.1) is 5.82 Å². The van der Waals surface area contributed by atoms with E-state index in [1.165, 1.54) is 23.3 Å². The number of carbonyl (C=O) groups excluding carboxylic acids is 1. The Morgan fingerprint density at radius 3 is 2.89 bits per heavy atom. The van der Waals surface area contributed by atoms with Crippen LogP contribution in [-0.4, -0.2) is 32.2 Å². The molecule has 7 nitrogen and oxygen atoms in total. The van der Waals surface area contributed by atoms with Crippen LogP contribution in [-0.2, 0) is 7.05 Å². The highest BCUT2D eigenvalue weighted by Gasteiger charge is 2.17. The Labute approximate surface area is 108 Å². The number of anilines is 2. The number of halogens is 1. The fraction of sp³-hybridized carbons (Fsp3) is 0.273. The molecular formula is C11H13FN6O. The van der Waals surface area contributed by atoms with Gasteiger partial charge in [0, 0.05) is 19.8 Å². The Morgan fingerprint density at radius 2 is 2.26 bits per heavy atom. The molecule has 0 fully saturated rings. The minimum absolute atomic E-state index is 0.0492. The van der Waals surface area contributed by atoms with Crippen LogP contribution in [0.4, 0.5) is 16.2 Å². The average Bonchev–Trinajstić information content (AvgIpc) is 2.78. The van der Waals surface area contributed by atoms with Gasteiger partial charge in [0.05, 0.1) is 5.56 Å². The summed E-state index contributed by atoms with van der Waals surface area (Å²) in [6.07, 6.45) is 2.66. The molecule has 0 radical (unpaired) electrons. The van der Waals surface area contributed by atoms with Crippen molar-refractivity contribution in [2.75, 3.05) is 17.2 Å². The Balaban J connectivity index is 2.24. The van der Waals surface area contributed by atoms with Crippen molar-refractivity contribution in [2.45, 2.75) is 6.92 Å². The summed E-state index contributed by atoms with van der Waals surface area (Å²) in [7, 11) is 1.62. The summed E-state index contributed by atoms with van der Waals surface area (Å²) >= 11 is 0. The molecule has 2 heterocycles. The SMILES string of the molecule is CCNc1nccc(C(=O)Nc2ncnn2C)c1F. The van der Waals surface area contributed by atoms with Gasteiger partial charge in [0.15, 0.2) is 11.6 Å². The lowest BCUT2D eigenvalue weighted by Crippen LogP contribution is -2.18. The molecule has 1 amide bonds. The Hall–Kier alpha value is -2.51. The Bertz CT molecular complexity index is 597. The number of nitrogens with one attached hydrogen (secondary N) is 2. The molecule has 0 aliphatic rings. The van der Waals surface area contributed by atoms with E-state index in [1.54, 1.807) is 7.05 Å². The number of aromatic nitrogens is 4. The van der Waals surface area contributed by atoms with E-state index in [9.17, 15) is 9.18 Å². The zero-order valence-corrected chi connectivity index (χ0v) is 10.5. The third-order valence-electron chi connectivity index (χ3n) is 2.41. The van der Waals surface area contributed by atoms with Gasteiger partial charge in [0.2, 0.25) is 5.95 Å². The molecule has 0 atom stereocenters. The molecule has 0 aliphatic carbocycles. The van der Waals surface area contributed by atoms with Gasteiger partial charge in [0.25, 0.3) is 5.91 Å². The highest BCUT2D eigenvalue weighted by molar-refractivity contribution is 6.04. The first kappa shape index (κ1) is 12.9. The van der Waals surface area contributed by atoms with Crippen molar-refractivity contribution in [2.24, 2.45) is 7.05 Å². The first-order valence-corrected chi connectivity index (χ1v) is 5.67. The summed E-state index contributed by atoms with van der Waals surface area (Å²) in [6, 6.07) is 1.31. The third kappa shape index (κ3) is 2.67. The van der Waals surface area contributed by atoms with Crippen LogP contribution in [0.2, 0.25) is 0 Å². The van der Waals surface area contributed by atoms with Crippen LogP contribution < -0.4 is 10.6 Å². The molecule has 0 aliphatic heterocycles. The quantitative estimate of drug-likeness (QED) is 0.861. The van der Waals surface area contributed by atoms with Crippen LogP contribution in [0.15, 0.2) is 18.6 Å². The molecule has 2 aromatic rings. The molecule has 2 rings (SSSR count). The normalized spacial score (nSPS) is 10.3. The zero-order chi connectivity index (χ0) is 13.8. The fourth-order valence-electron chi connectivity index (χ4n) is 1.49. The van der Waals surface area contributed by atoms with E-state index in [1.807, 2.05) is 6.92 Å². The molecule has 0 bridgehead atoms. The van der Waals surface area contributed by atoms with E-state index in [2.05, 4.69) is 25.7 Å². The van der Waals surface area contributed by atoms with E-state index < -0.39 is 11.7 Å². The summed E-state index contributed by atoms with van der Waals surface area (Å²) < 4.78 is 15.4. The summed E-state index contributed by atoms with van der Waals surface area (Å²) in [5.41, 5.74) is -0.103. The van der Waals surface area contributed by atoms with Crippen molar-refractivity contribution in [3.05, 3.63) is 30.0 Å². The molecule has 2 N–H and O–H groups in total. The average molecular weight is 264 g/mol. The standard InChI is InChI=1S/C11H13FN6O/c1-3-13-9-8(12)7(4-5-14-9)10(19)17-11-15-6-16-18(11)2/h4-6H,3H2,1-2H3,(H,13,14)(H,15,16,17,19). The van der Waals surface area contributed by atoms with Crippen molar-refractivity contribution >= 4 is 17.7 Å². The lowest BCUT2D eigenvalue weighted by atomic mass is 10.2. The second-order valence-electron chi connectivity index (χ2n) is 3.71. The van der Waals surface area contributed by atoms with Crippen molar-refractivity contribution in [3.63, 3.8) is 0 Å². The highest BCUT2D eigenvalue weighted by Crippen LogP contribution is 2.16. The zero-order valence-electron chi connectivity index (χ0n) is 10.5. The van der Waals surface area contributed by atoms with Gasteiger partial charge in [-0.05, 0) is 13.0 Å². The number of rotatable bonds is 4. The van der Waals surface area contributed by atoms with Gasteiger partial charge in [0.1, 0.15) is 6.33 Å². The van der Waals surface area contributed by atoms with Gasteiger partial charge in [-0.1, -0.05) is 0 Å².